The normalized spacial score (nSPS) is 22.7. The van der Waals surface area contributed by atoms with Gasteiger partial charge in [0.15, 0.2) is 16.9 Å². The topological polar surface area (TPSA) is 155 Å². The summed E-state index contributed by atoms with van der Waals surface area (Å²) in [5.74, 6) is -2.23. The van der Waals surface area contributed by atoms with Gasteiger partial charge in [0.05, 0.1) is 0 Å². The third kappa shape index (κ3) is 5.22. The first-order valence-corrected chi connectivity index (χ1v) is 13.7. The monoisotopic (exact) mass is 569 g/mol. The molecule has 37 heavy (non-hydrogen) atoms. The number of aromatic hydroxyl groups is 1. The molecule has 3 heterocycles. The third-order valence-corrected chi connectivity index (χ3v) is 9.06. The number of carboxylic acid groups (broad SMARTS) is 1. The van der Waals surface area contributed by atoms with Gasteiger partial charge >= 0.3 is 11.5 Å². The Morgan fingerprint density at radius 1 is 1.30 bits per heavy atom. The van der Waals surface area contributed by atoms with Gasteiger partial charge in [-0.25, -0.2) is 0 Å². The molecule has 15 heteroatoms. The minimum absolute atomic E-state index is 0.0107. The number of hydrogen-bond donors (Lipinski definition) is 2. The number of carboxylic acids is 1. The molecule has 2 N–H and O–H groups in total. The van der Waals surface area contributed by atoms with E-state index in [1.807, 2.05) is 6.92 Å². The summed E-state index contributed by atoms with van der Waals surface area (Å²) >= 11 is 8.18. The maximum absolute atomic E-state index is 13.1. The van der Waals surface area contributed by atoms with Crippen LogP contribution in [0.2, 0.25) is 5.02 Å². The number of β-lactam (4-membered cyclic amide) rings is 1. The van der Waals surface area contributed by atoms with E-state index in [1.54, 1.807) is 24.3 Å². The Bertz CT molecular complexity index is 1280. The zero-order valence-corrected chi connectivity index (χ0v) is 22.3. The summed E-state index contributed by atoms with van der Waals surface area (Å²) in [6.45, 7) is 3.33. The molecule has 0 spiro atoms. The zero-order chi connectivity index (χ0) is 26.9. The number of amides is 2. The first-order chi connectivity index (χ1) is 17.6. The number of nitrogens with zero attached hydrogens (tertiary/aromatic N) is 5. The standard InChI is InChI=1S/C22H24ClN5O7S2/c1-3-8-26-18(32)16(30)24-25-21(26)37-11-22(20(33)34)9-27-17(31)15(19(27)36-10-22)28(12(2)29)35-14-6-4-13(23)5-7-14/h4-7,15,19H,3,8-11H2,1-2H3,(H,24,30)(H,33,34)/t15?,19-,22?/m1/s1. The predicted molar refractivity (Wildman–Crippen MR) is 135 cm³/mol. The molecule has 2 aromatic rings. The molecule has 2 amide bonds. The lowest BCUT2D eigenvalue weighted by atomic mass is 9.89. The second-order valence-corrected chi connectivity index (χ2v) is 11.1. The molecule has 2 fully saturated rings. The van der Waals surface area contributed by atoms with Gasteiger partial charge < -0.3 is 20.0 Å². The highest BCUT2D eigenvalue weighted by molar-refractivity contribution is 8.00. The minimum atomic E-state index is -1.34. The lowest BCUT2D eigenvalue weighted by molar-refractivity contribution is -0.192. The number of carbonyl (C=O) groups is 3. The molecule has 1 aromatic carbocycles. The van der Waals surface area contributed by atoms with Crippen molar-refractivity contribution in [3.8, 4) is 11.6 Å². The Hall–Kier alpha value is -2.97. The van der Waals surface area contributed by atoms with Gasteiger partial charge in [-0.3, -0.25) is 23.7 Å². The summed E-state index contributed by atoms with van der Waals surface area (Å²) in [7, 11) is 0. The van der Waals surface area contributed by atoms with Crippen LogP contribution in [0.5, 0.6) is 11.6 Å². The number of benzene rings is 1. The Labute approximate surface area is 224 Å². The van der Waals surface area contributed by atoms with Gasteiger partial charge in [-0.1, -0.05) is 30.3 Å². The Kier molecular flexibility index (Phi) is 7.90. The fourth-order valence-corrected chi connectivity index (χ4v) is 7.00. The van der Waals surface area contributed by atoms with Crippen molar-refractivity contribution in [2.24, 2.45) is 5.41 Å². The Balaban J connectivity index is 1.50. The smallest absolute Gasteiger partial charge is 0.316 e. The van der Waals surface area contributed by atoms with Crippen molar-refractivity contribution in [2.75, 3.05) is 18.1 Å². The maximum atomic E-state index is 13.1. The molecule has 0 bridgehead atoms. The van der Waals surface area contributed by atoms with Crippen LogP contribution in [0.3, 0.4) is 0 Å². The van der Waals surface area contributed by atoms with Crippen molar-refractivity contribution < 1.29 is 29.4 Å². The summed E-state index contributed by atoms with van der Waals surface area (Å²) in [6, 6.07) is 5.43. The quantitative estimate of drug-likeness (QED) is 0.257. The summed E-state index contributed by atoms with van der Waals surface area (Å²) in [4.78, 5) is 57.2. The predicted octanol–water partition coefficient (Wildman–Crippen LogP) is 1.70. The van der Waals surface area contributed by atoms with Crippen LogP contribution in [-0.4, -0.2) is 82.2 Å². The molecular formula is C22H24ClN5O7S2. The van der Waals surface area contributed by atoms with Crippen LogP contribution in [0.15, 0.2) is 34.2 Å². The SMILES string of the molecule is CCCn1c(SCC2(C(=O)O)CS[C@@H]3C(N(Oc4ccc(Cl)cc4)C(C)=O)C(=O)N3C2)nnc(O)c1=O. The molecular weight excluding hydrogens is 546 g/mol. The number of halogens is 1. The van der Waals surface area contributed by atoms with Crippen LogP contribution in [0, 0.1) is 5.41 Å². The number of rotatable bonds is 9. The van der Waals surface area contributed by atoms with Crippen LogP contribution in [-0.2, 0) is 20.9 Å². The molecule has 198 valence electrons. The first kappa shape index (κ1) is 27.1. The fourth-order valence-electron chi connectivity index (χ4n) is 4.02. The highest BCUT2D eigenvalue weighted by Crippen LogP contribution is 2.46. The highest BCUT2D eigenvalue weighted by atomic mass is 35.5. The van der Waals surface area contributed by atoms with Gasteiger partial charge in [0, 0.05) is 36.5 Å². The number of aromatic nitrogens is 3. The van der Waals surface area contributed by atoms with Crippen molar-refractivity contribution in [1.82, 2.24) is 24.7 Å². The second-order valence-electron chi connectivity index (χ2n) is 8.64. The summed E-state index contributed by atoms with van der Waals surface area (Å²) in [5.41, 5.74) is -2.04. The summed E-state index contributed by atoms with van der Waals surface area (Å²) in [5, 5.41) is 28.3. The molecule has 0 saturated carbocycles. The summed E-state index contributed by atoms with van der Waals surface area (Å²) in [6.07, 6.45) is 0.592. The van der Waals surface area contributed by atoms with E-state index < -0.39 is 46.1 Å². The van der Waals surface area contributed by atoms with E-state index in [1.165, 1.54) is 28.2 Å². The van der Waals surface area contributed by atoms with E-state index >= 15 is 0 Å². The van der Waals surface area contributed by atoms with Crippen LogP contribution in [0.25, 0.3) is 0 Å². The van der Waals surface area contributed by atoms with Gasteiger partial charge in [-0.05, 0) is 30.7 Å². The number of hydrogen-bond acceptors (Lipinski definition) is 10. The molecule has 2 aliphatic heterocycles. The first-order valence-electron chi connectivity index (χ1n) is 11.3. The number of fused-ring (bicyclic) bond motifs is 1. The van der Waals surface area contributed by atoms with E-state index in [9.17, 15) is 29.4 Å². The van der Waals surface area contributed by atoms with Gasteiger partial charge in [-0.15, -0.1) is 22.0 Å². The maximum Gasteiger partial charge on any atom is 0.316 e. The molecule has 0 aliphatic carbocycles. The van der Waals surface area contributed by atoms with Crippen molar-refractivity contribution in [3.63, 3.8) is 0 Å². The molecule has 2 unspecified atom stereocenters. The van der Waals surface area contributed by atoms with E-state index in [4.69, 9.17) is 16.4 Å². The van der Waals surface area contributed by atoms with Gasteiger partial charge in [0.25, 0.3) is 17.7 Å². The Morgan fingerprint density at radius 2 is 2.00 bits per heavy atom. The van der Waals surface area contributed by atoms with Crippen LogP contribution in [0.4, 0.5) is 0 Å². The van der Waals surface area contributed by atoms with Crippen LogP contribution >= 0.6 is 35.1 Å². The average Bonchev–Trinajstić information content (AvgIpc) is 2.87. The van der Waals surface area contributed by atoms with E-state index in [2.05, 4.69) is 10.2 Å². The molecule has 2 aliphatic rings. The third-order valence-electron chi connectivity index (χ3n) is 5.97. The van der Waals surface area contributed by atoms with Gasteiger partial charge in [0.2, 0.25) is 0 Å². The number of hydroxylamine groups is 2. The molecule has 4 rings (SSSR count). The average molecular weight is 570 g/mol. The molecule has 3 atom stereocenters. The van der Waals surface area contributed by atoms with E-state index in [-0.39, 0.29) is 29.8 Å². The molecule has 2 saturated heterocycles. The molecule has 0 radical (unpaired) electrons. The van der Waals surface area contributed by atoms with Gasteiger partial charge in [0.1, 0.15) is 10.8 Å². The van der Waals surface area contributed by atoms with Crippen LogP contribution in [0.1, 0.15) is 20.3 Å². The molecule has 1 aromatic heterocycles. The van der Waals surface area contributed by atoms with E-state index in [0.717, 1.165) is 16.8 Å². The fraction of sp³-hybridized carbons (Fsp3) is 0.455. The Morgan fingerprint density at radius 3 is 2.62 bits per heavy atom. The highest BCUT2D eigenvalue weighted by Gasteiger charge is 2.60. The van der Waals surface area contributed by atoms with Crippen LogP contribution < -0.4 is 10.4 Å². The number of thioether (sulfide) groups is 2. The molecule has 12 nitrogen and oxygen atoms in total. The second kappa shape index (κ2) is 10.8. The van der Waals surface area contributed by atoms with Crippen molar-refractivity contribution >= 4 is 52.9 Å². The van der Waals surface area contributed by atoms with Crippen molar-refractivity contribution in [2.45, 2.75) is 43.4 Å². The number of aliphatic carboxylic acids is 1. The lowest BCUT2D eigenvalue weighted by Crippen LogP contribution is -2.74. The van der Waals surface area contributed by atoms with E-state index in [0.29, 0.717) is 17.2 Å². The van der Waals surface area contributed by atoms with Crippen molar-refractivity contribution in [1.29, 1.82) is 0 Å². The number of carbonyl (C=O) groups excluding carboxylic acids is 2. The lowest BCUT2D eigenvalue weighted by Gasteiger charge is -2.55. The largest absolute Gasteiger partial charge is 0.488 e. The zero-order valence-electron chi connectivity index (χ0n) is 19.9. The minimum Gasteiger partial charge on any atom is -0.488 e. The summed E-state index contributed by atoms with van der Waals surface area (Å²) < 4.78 is 1.25. The van der Waals surface area contributed by atoms with Crippen molar-refractivity contribution in [3.05, 3.63) is 39.6 Å². The van der Waals surface area contributed by atoms with Gasteiger partial charge in [-0.2, -0.15) is 5.06 Å².